The van der Waals surface area contributed by atoms with Crippen LogP contribution in [0.25, 0.3) is 0 Å². The maximum atomic E-state index is 6.31. The first kappa shape index (κ1) is 15.8. The molecule has 102 valence electrons. The van der Waals surface area contributed by atoms with Gasteiger partial charge in [-0.15, -0.1) is 11.3 Å². The summed E-state index contributed by atoms with van der Waals surface area (Å²) < 4.78 is 2.34. The zero-order valence-electron chi connectivity index (χ0n) is 10.4. The molecule has 0 bridgehead atoms. The van der Waals surface area contributed by atoms with Crippen molar-refractivity contribution in [2.45, 2.75) is 19.4 Å². The third kappa shape index (κ3) is 4.43. The summed E-state index contributed by atoms with van der Waals surface area (Å²) >= 11 is 13.9. The molecule has 0 amide bonds. The summed E-state index contributed by atoms with van der Waals surface area (Å²) in [5.74, 6) is 0. The van der Waals surface area contributed by atoms with Gasteiger partial charge in [0.15, 0.2) is 0 Å². The van der Waals surface area contributed by atoms with Crippen LogP contribution in [0.4, 0.5) is 0 Å². The van der Waals surface area contributed by atoms with Crippen molar-refractivity contribution in [2.24, 2.45) is 0 Å². The highest BCUT2D eigenvalue weighted by Crippen LogP contribution is 2.29. The van der Waals surface area contributed by atoms with Gasteiger partial charge >= 0.3 is 0 Å². The van der Waals surface area contributed by atoms with E-state index >= 15 is 0 Å². The van der Waals surface area contributed by atoms with Crippen LogP contribution in [-0.4, -0.2) is 6.54 Å². The van der Waals surface area contributed by atoms with Crippen LogP contribution in [0.5, 0.6) is 0 Å². The molecule has 1 heterocycles. The van der Waals surface area contributed by atoms with Gasteiger partial charge in [0.05, 0.1) is 2.88 Å². The molecule has 0 aliphatic rings. The SMILES string of the molecule is CCNC(Cc1ccc(Br)cc1Cl)c1csc(I)c1. The quantitative estimate of drug-likeness (QED) is 0.556. The van der Waals surface area contributed by atoms with E-state index in [1.165, 1.54) is 14.0 Å². The second-order valence-electron chi connectivity index (χ2n) is 4.23. The number of likely N-dealkylation sites (N-methyl/N-ethyl adjacent to an activating group) is 1. The molecule has 0 spiro atoms. The van der Waals surface area contributed by atoms with Crippen LogP contribution in [0.2, 0.25) is 5.02 Å². The van der Waals surface area contributed by atoms with E-state index in [0.717, 1.165) is 22.5 Å². The molecule has 1 unspecified atom stereocenters. The summed E-state index contributed by atoms with van der Waals surface area (Å²) in [6.07, 6.45) is 0.909. The molecule has 0 saturated heterocycles. The number of thiophene rings is 1. The molecule has 5 heteroatoms. The van der Waals surface area contributed by atoms with Crippen molar-refractivity contribution in [3.8, 4) is 0 Å². The standard InChI is InChI=1S/C14H14BrClINS/c1-2-18-13(10-6-14(17)19-8-10)5-9-3-4-11(15)7-12(9)16/h3-4,6-8,13,18H,2,5H2,1H3. The predicted octanol–water partition coefficient (Wildman–Crippen LogP) is 5.66. The number of halogens is 3. The van der Waals surface area contributed by atoms with E-state index in [-0.39, 0.29) is 0 Å². The van der Waals surface area contributed by atoms with E-state index < -0.39 is 0 Å². The lowest BCUT2D eigenvalue weighted by molar-refractivity contribution is 0.551. The lowest BCUT2D eigenvalue weighted by Gasteiger charge is -2.17. The molecule has 1 aromatic carbocycles. The molecule has 2 rings (SSSR count). The van der Waals surface area contributed by atoms with Crippen LogP contribution in [0.1, 0.15) is 24.1 Å². The van der Waals surface area contributed by atoms with Crippen molar-refractivity contribution in [3.63, 3.8) is 0 Å². The zero-order chi connectivity index (χ0) is 13.8. The minimum atomic E-state index is 0.323. The van der Waals surface area contributed by atoms with E-state index in [1.54, 1.807) is 11.3 Å². The summed E-state index contributed by atoms with van der Waals surface area (Å²) in [4.78, 5) is 0. The summed E-state index contributed by atoms with van der Waals surface area (Å²) in [5.41, 5.74) is 2.52. The Morgan fingerprint density at radius 2 is 2.21 bits per heavy atom. The largest absolute Gasteiger partial charge is 0.310 e. The van der Waals surface area contributed by atoms with E-state index in [4.69, 9.17) is 11.6 Å². The molecule has 0 aliphatic heterocycles. The van der Waals surface area contributed by atoms with Gasteiger partial charge in [0.2, 0.25) is 0 Å². The number of nitrogens with one attached hydrogen (secondary N) is 1. The van der Waals surface area contributed by atoms with Gasteiger partial charge in [-0.1, -0.05) is 40.5 Å². The Morgan fingerprint density at radius 3 is 2.79 bits per heavy atom. The van der Waals surface area contributed by atoms with Crippen molar-refractivity contribution in [2.75, 3.05) is 6.54 Å². The minimum Gasteiger partial charge on any atom is -0.310 e. The average Bonchev–Trinajstić information content (AvgIpc) is 2.78. The van der Waals surface area contributed by atoms with Gasteiger partial charge in [0.25, 0.3) is 0 Å². The van der Waals surface area contributed by atoms with Crippen LogP contribution in [0, 0.1) is 2.88 Å². The fraction of sp³-hybridized carbons (Fsp3) is 0.286. The molecule has 2 aromatic rings. The van der Waals surface area contributed by atoms with Gasteiger partial charge in [-0.2, -0.15) is 0 Å². The minimum absolute atomic E-state index is 0.323. The zero-order valence-corrected chi connectivity index (χ0v) is 15.7. The smallest absolute Gasteiger partial charge is 0.0656 e. The Morgan fingerprint density at radius 1 is 1.42 bits per heavy atom. The highest BCUT2D eigenvalue weighted by atomic mass is 127. The van der Waals surface area contributed by atoms with Crippen molar-refractivity contribution >= 4 is 61.5 Å². The monoisotopic (exact) mass is 469 g/mol. The summed E-state index contributed by atoms with van der Waals surface area (Å²) in [6, 6.07) is 8.65. The Balaban J connectivity index is 2.21. The highest BCUT2D eigenvalue weighted by Gasteiger charge is 2.14. The molecular weight excluding hydrogens is 456 g/mol. The molecule has 0 saturated carbocycles. The van der Waals surface area contributed by atoms with Crippen molar-refractivity contribution in [1.82, 2.24) is 5.32 Å². The fourth-order valence-electron chi connectivity index (χ4n) is 1.97. The van der Waals surface area contributed by atoms with E-state index in [1.807, 2.05) is 12.1 Å². The number of rotatable bonds is 5. The van der Waals surface area contributed by atoms with Crippen molar-refractivity contribution in [1.29, 1.82) is 0 Å². The van der Waals surface area contributed by atoms with Crippen molar-refractivity contribution in [3.05, 3.63) is 53.2 Å². The van der Waals surface area contributed by atoms with Crippen LogP contribution in [0.3, 0.4) is 0 Å². The molecule has 0 radical (unpaired) electrons. The van der Waals surface area contributed by atoms with Crippen LogP contribution in [0.15, 0.2) is 34.1 Å². The molecule has 1 aromatic heterocycles. The summed E-state index contributed by atoms with van der Waals surface area (Å²) in [5, 5.41) is 6.58. The van der Waals surface area contributed by atoms with Gasteiger partial charge in [-0.3, -0.25) is 0 Å². The third-order valence-corrected chi connectivity index (χ3v) is 5.53. The van der Waals surface area contributed by atoms with Gasteiger partial charge < -0.3 is 5.32 Å². The second kappa shape index (κ2) is 7.41. The molecule has 0 aliphatic carbocycles. The Kier molecular flexibility index (Phi) is 6.14. The summed E-state index contributed by atoms with van der Waals surface area (Å²) in [6.45, 7) is 3.08. The molecule has 19 heavy (non-hydrogen) atoms. The average molecular weight is 471 g/mol. The van der Waals surface area contributed by atoms with E-state index in [0.29, 0.717) is 6.04 Å². The summed E-state index contributed by atoms with van der Waals surface area (Å²) in [7, 11) is 0. The van der Waals surface area contributed by atoms with E-state index in [2.05, 4.69) is 68.3 Å². The molecular formula is C14H14BrClINS. The number of hydrogen-bond donors (Lipinski definition) is 1. The maximum absolute atomic E-state index is 6.31. The van der Waals surface area contributed by atoms with Gasteiger partial charge in [0, 0.05) is 15.5 Å². The lowest BCUT2D eigenvalue weighted by Crippen LogP contribution is -2.22. The van der Waals surface area contributed by atoms with Gasteiger partial charge in [0.1, 0.15) is 0 Å². The van der Waals surface area contributed by atoms with Crippen LogP contribution in [-0.2, 0) is 6.42 Å². The Bertz CT molecular complexity index is 558. The van der Waals surface area contributed by atoms with Gasteiger partial charge in [-0.05, 0) is 70.3 Å². The highest BCUT2D eigenvalue weighted by molar-refractivity contribution is 14.1. The Hall–Kier alpha value is 0.380. The normalized spacial score (nSPS) is 12.6. The maximum Gasteiger partial charge on any atom is 0.0656 e. The van der Waals surface area contributed by atoms with Crippen LogP contribution < -0.4 is 5.32 Å². The molecule has 0 fully saturated rings. The van der Waals surface area contributed by atoms with E-state index in [9.17, 15) is 0 Å². The first-order valence-corrected chi connectivity index (χ1v) is 9.14. The molecule has 1 atom stereocenters. The van der Waals surface area contributed by atoms with Gasteiger partial charge in [-0.25, -0.2) is 0 Å². The first-order chi connectivity index (χ1) is 9.10. The Labute approximate surface area is 145 Å². The second-order valence-corrected chi connectivity index (χ2v) is 8.36. The lowest BCUT2D eigenvalue weighted by atomic mass is 10.0. The van der Waals surface area contributed by atoms with Crippen LogP contribution >= 0.6 is 61.5 Å². The third-order valence-electron chi connectivity index (χ3n) is 2.88. The molecule has 1 nitrogen and oxygen atoms in total. The number of benzene rings is 1. The fourth-order valence-corrected chi connectivity index (χ4v) is 4.14. The number of hydrogen-bond acceptors (Lipinski definition) is 2. The van der Waals surface area contributed by atoms with Crippen molar-refractivity contribution < 1.29 is 0 Å². The topological polar surface area (TPSA) is 12.0 Å². The first-order valence-electron chi connectivity index (χ1n) is 6.01. The predicted molar refractivity (Wildman–Crippen MR) is 96.3 cm³/mol. The molecule has 1 N–H and O–H groups in total.